The molecule has 4 rings (SSSR count). The fourth-order valence-electron chi connectivity index (χ4n) is 3.52. The second kappa shape index (κ2) is 9.56. The first-order chi connectivity index (χ1) is 14.9. The number of fused-ring (bicyclic) bond motifs is 1. The molecule has 2 N–H and O–H groups in total. The van der Waals surface area contributed by atoms with Gasteiger partial charge < -0.3 is 15.0 Å². The number of carbonyl (C=O) groups is 2. The van der Waals surface area contributed by atoms with Crippen LogP contribution in [-0.2, 0) is 33.0 Å². The average molecular weight is 446 g/mol. The minimum absolute atomic E-state index is 0.0551. The number of nitrogens with one attached hydrogen (secondary N) is 1. The molecule has 1 amide bonds. The molecule has 0 bridgehead atoms. The molecule has 31 heavy (non-hydrogen) atoms. The zero-order valence-corrected chi connectivity index (χ0v) is 17.7. The van der Waals surface area contributed by atoms with Gasteiger partial charge >= 0.3 is 0 Å². The van der Waals surface area contributed by atoms with E-state index in [0.717, 1.165) is 17.0 Å². The largest absolute Gasteiger partial charge is 0.483 e. The molecule has 0 radical (unpaired) electrons. The Kier molecular flexibility index (Phi) is 6.85. The first-order valence-corrected chi connectivity index (χ1v) is 11.1. The summed E-state index contributed by atoms with van der Waals surface area (Å²) in [5.74, 6) is -0.480. The highest BCUT2D eigenvalue weighted by atomic mass is 32.2. The Bertz CT molecular complexity index is 1140. The Morgan fingerprint density at radius 3 is 2.68 bits per heavy atom. The van der Waals surface area contributed by atoms with Crippen LogP contribution in [0, 0.1) is 0 Å². The maximum absolute atomic E-state index is 12.8. The summed E-state index contributed by atoms with van der Waals surface area (Å²) >= 11 is 0. The average Bonchev–Trinajstić information content (AvgIpc) is 3.41. The maximum Gasteiger partial charge on any atom is 0.290 e. The van der Waals surface area contributed by atoms with Crippen LogP contribution in [0.15, 0.2) is 53.9 Å². The highest BCUT2D eigenvalue weighted by molar-refractivity contribution is 7.91. The van der Waals surface area contributed by atoms with Crippen molar-refractivity contribution in [2.24, 2.45) is 7.05 Å². The van der Waals surface area contributed by atoms with Crippen LogP contribution in [-0.4, -0.2) is 62.8 Å². The molecule has 10 nitrogen and oxygen atoms in total. The van der Waals surface area contributed by atoms with E-state index in [9.17, 15) is 13.2 Å². The van der Waals surface area contributed by atoms with Crippen molar-refractivity contribution in [3.05, 3.63) is 66.0 Å². The van der Waals surface area contributed by atoms with E-state index >= 15 is 0 Å². The zero-order chi connectivity index (χ0) is 22.4. The van der Waals surface area contributed by atoms with E-state index < -0.39 is 9.84 Å². The van der Waals surface area contributed by atoms with Crippen LogP contribution in [0.1, 0.15) is 29.3 Å². The van der Waals surface area contributed by atoms with Gasteiger partial charge in [0.1, 0.15) is 0 Å². The van der Waals surface area contributed by atoms with E-state index in [1.165, 1.54) is 0 Å². The van der Waals surface area contributed by atoms with Crippen molar-refractivity contribution >= 4 is 22.2 Å². The predicted molar refractivity (Wildman–Crippen MR) is 111 cm³/mol. The fraction of sp³-hybridized carbons (Fsp3) is 0.300. The van der Waals surface area contributed by atoms with Gasteiger partial charge in [0.2, 0.25) is 5.91 Å². The smallest absolute Gasteiger partial charge is 0.290 e. The summed E-state index contributed by atoms with van der Waals surface area (Å²) < 4.78 is 26.7. The minimum atomic E-state index is -3.49. The van der Waals surface area contributed by atoms with Crippen molar-refractivity contribution in [2.45, 2.75) is 23.8 Å². The Hall–Kier alpha value is -3.47. The zero-order valence-electron chi connectivity index (χ0n) is 16.9. The molecule has 2 aromatic heterocycles. The molecular formula is C20H23N5O5S. The number of hydrogen-bond donors (Lipinski definition) is 2. The number of aromatic amines is 1. The van der Waals surface area contributed by atoms with Gasteiger partial charge in [-0.25, -0.2) is 13.4 Å². The third-order valence-corrected chi connectivity index (χ3v) is 6.73. The molecule has 11 heteroatoms. The number of sulfone groups is 1. The molecule has 3 heterocycles. The lowest BCUT2D eigenvalue weighted by atomic mass is 9.93. The molecule has 0 saturated heterocycles. The van der Waals surface area contributed by atoms with Gasteiger partial charge in [-0.2, -0.15) is 5.10 Å². The van der Waals surface area contributed by atoms with E-state index in [2.05, 4.69) is 15.1 Å². The van der Waals surface area contributed by atoms with Crippen molar-refractivity contribution in [1.82, 2.24) is 24.6 Å². The monoisotopic (exact) mass is 445 g/mol. The minimum Gasteiger partial charge on any atom is -0.483 e. The number of hydrogen-bond acceptors (Lipinski definition) is 6. The SMILES string of the molecule is Cn1cc(C2CN(C(=O)CCS(=O)(=O)c3ccccc3)Cc3[nH]cnc32)cn1.O=CO. The number of imidazole rings is 1. The van der Waals surface area contributed by atoms with Crippen molar-refractivity contribution in [2.75, 3.05) is 12.3 Å². The van der Waals surface area contributed by atoms with E-state index in [4.69, 9.17) is 9.90 Å². The van der Waals surface area contributed by atoms with Crippen LogP contribution in [0.5, 0.6) is 0 Å². The van der Waals surface area contributed by atoms with Crippen LogP contribution < -0.4 is 0 Å². The van der Waals surface area contributed by atoms with Gasteiger partial charge in [-0.05, 0) is 12.1 Å². The Morgan fingerprint density at radius 1 is 1.32 bits per heavy atom. The second-order valence-corrected chi connectivity index (χ2v) is 9.14. The lowest BCUT2D eigenvalue weighted by Crippen LogP contribution is -2.39. The lowest BCUT2D eigenvalue weighted by Gasteiger charge is -2.31. The van der Waals surface area contributed by atoms with Gasteiger partial charge in [0.05, 0.1) is 41.1 Å². The summed E-state index contributed by atoms with van der Waals surface area (Å²) in [6, 6.07) is 8.22. The third kappa shape index (κ3) is 5.18. The van der Waals surface area contributed by atoms with Gasteiger partial charge in [0.25, 0.3) is 6.47 Å². The molecule has 0 saturated carbocycles. The van der Waals surface area contributed by atoms with E-state index in [0.29, 0.717) is 13.1 Å². The standard InChI is InChI=1S/C19H21N5O3S.CH2O2/c1-23-10-14(9-22-23)16-11-24(12-17-19(16)21-13-20-17)18(25)7-8-28(26,27)15-5-3-2-4-6-15;2-1-3/h2-6,9-10,13,16H,7-8,11-12H2,1H3,(H,20,21);1H,(H,2,3). The van der Waals surface area contributed by atoms with Crippen molar-refractivity contribution in [1.29, 1.82) is 0 Å². The molecule has 0 aliphatic carbocycles. The van der Waals surface area contributed by atoms with Gasteiger partial charge in [-0.1, -0.05) is 18.2 Å². The van der Waals surface area contributed by atoms with Gasteiger partial charge in [0.15, 0.2) is 9.84 Å². The topological polar surface area (TPSA) is 138 Å². The van der Waals surface area contributed by atoms with Crippen LogP contribution in [0.3, 0.4) is 0 Å². The highest BCUT2D eigenvalue weighted by Gasteiger charge is 2.32. The summed E-state index contributed by atoms with van der Waals surface area (Å²) in [7, 11) is -1.64. The quantitative estimate of drug-likeness (QED) is 0.562. The summed E-state index contributed by atoms with van der Waals surface area (Å²) in [4.78, 5) is 30.6. The Morgan fingerprint density at radius 2 is 2.03 bits per heavy atom. The van der Waals surface area contributed by atoms with Crippen LogP contribution in [0.2, 0.25) is 0 Å². The summed E-state index contributed by atoms with van der Waals surface area (Å²) in [6.45, 7) is 0.601. The summed E-state index contributed by atoms with van der Waals surface area (Å²) in [6.07, 6.45) is 5.26. The molecule has 164 valence electrons. The first-order valence-electron chi connectivity index (χ1n) is 9.50. The molecule has 1 atom stereocenters. The molecule has 1 aliphatic rings. The lowest BCUT2D eigenvalue weighted by molar-refractivity contribution is -0.132. The Labute approximate surface area is 179 Å². The highest BCUT2D eigenvalue weighted by Crippen LogP contribution is 2.31. The molecule has 1 unspecified atom stereocenters. The second-order valence-electron chi connectivity index (χ2n) is 7.03. The number of carbonyl (C=O) groups excluding carboxylic acids is 1. The van der Waals surface area contributed by atoms with Crippen LogP contribution in [0.25, 0.3) is 0 Å². The fourth-order valence-corrected chi connectivity index (χ4v) is 4.77. The Balaban J connectivity index is 0.000000858. The molecule has 1 aliphatic heterocycles. The van der Waals surface area contributed by atoms with E-state index in [-0.39, 0.29) is 35.4 Å². The molecule has 0 spiro atoms. The summed E-state index contributed by atoms with van der Waals surface area (Å²) in [5.41, 5.74) is 2.76. The number of benzene rings is 1. The van der Waals surface area contributed by atoms with E-state index in [1.54, 1.807) is 52.4 Å². The van der Waals surface area contributed by atoms with Gasteiger partial charge in [-0.15, -0.1) is 0 Å². The van der Waals surface area contributed by atoms with Crippen molar-refractivity contribution < 1.29 is 23.1 Å². The summed E-state index contributed by atoms with van der Waals surface area (Å²) in [5, 5.41) is 11.1. The molecule has 0 fully saturated rings. The number of aryl methyl sites for hydroxylation is 1. The van der Waals surface area contributed by atoms with Gasteiger partial charge in [-0.3, -0.25) is 14.3 Å². The number of nitrogens with zero attached hydrogens (tertiary/aromatic N) is 4. The number of H-pyrrole nitrogens is 1. The van der Waals surface area contributed by atoms with Crippen LogP contribution >= 0.6 is 0 Å². The van der Waals surface area contributed by atoms with Crippen molar-refractivity contribution in [3.8, 4) is 0 Å². The third-order valence-electron chi connectivity index (χ3n) is 5.00. The molecular weight excluding hydrogens is 422 g/mol. The number of carboxylic acid groups (broad SMARTS) is 1. The predicted octanol–water partition coefficient (Wildman–Crippen LogP) is 1.18. The normalized spacial score (nSPS) is 15.5. The maximum atomic E-state index is 12.8. The van der Waals surface area contributed by atoms with Crippen molar-refractivity contribution in [3.63, 3.8) is 0 Å². The van der Waals surface area contributed by atoms with Crippen LogP contribution in [0.4, 0.5) is 0 Å². The number of aromatic nitrogens is 4. The number of amides is 1. The molecule has 1 aromatic carbocycles. The molecule has 3 aromatic rings. The number of rotatable bonds is 5. The van der Waals surface area contributed by atoms with Gasteiger partial charge in [0, 0.05) is 37.7 Å². The first kappa shape index (κ1) is 22.2. The van der Waals surface area contributed by atoms with E-state index in [1.807, 2.05) is 13.2 Å².